The molecule has 2 aromatic rings. The largest absolute Gasteiger partial charge is 0.271 e. The second-order valence-corrected chi connectivity index (χ2v) is 5.90. The van der Waals surface area contributed by atoms with Crippen LogP contribution >= 0.6 is 11.3 Å². The third-order valence-corrected chi connectivity index (χ3v) is 4.48. The van der Waals surface area contributed by atoms with Crippen LogP contribution in [-0.4, -0.2) is 11.0 Å². The number of nitrogens with two attached hydrogens (primary N) is 1. The molecule has 0 aliphatic heterocycles. The van der Waals surface area contributed by atoms with Crippen LogP contribution in [0.15, 0.2) is 36.5 Å². The van der Waals surface area contributed by atoms with Gasteiger partial charge in [0.15, 0.2) is 0 Å². The Balaban J connectivity index is 1.86. The second kappa shape index (κ2) is 7.38. The van der Waals surface area contributed by atoms with Crippen molar-refractivity contribution >= 4 is 11.3 Å². The Kier molecular flexibility index (Phi) is 5.51. The predicted octanol–water partition coefficient (Wildman–Crippen LogP) is 2.71. The second-order valence-electron chi connectivity index (χ2n) is 4.65. The lowest BCUT2D eigenvalue weighted by atomic mass is 10.1. The van der Waals surface area contributed by atoms with Gasteiger partial charge in [-0.3, -0.25) is 16.3 Å². The van der Waals surface area contributed by atoms with Crippen molar-refractivity contribution in [3.05, 3.63) is 52.0 Å². The Labute approximate surface area is 118 Å². The summed E-state index contributed by atoms with van der Waals surface area (Å²) in [5.41, 5.74) is 4.05. The molecule has 0 aliphatic carbocycles. The first-order valence-electron chi connectivity index (χ1n) is 6.75. The summed E-state index contributed by atoms with van der Waals surface area (Å²) in [4.78, 5) is 7.19. The van der Waals surface area contributed by atoms with Crippen LogP contribution in [0.5, 0.6) is 0 Å². The Bertz CT molecular complexity index is 481. The highest BCUT2D eigenvalue weighted by molar-refractivity contribution is 7.11. The molecule has 1 unspecified atom stereocenters. The minimum atomic E-state index is 0.311. The van der Waals surface area contributed by atoms with Gasteiger partial charge in [-0.15, -0.1) is 11.3 Å². The van der Waals surface area contributed by atoms with Crippen molar-refractivity contribution in [1.82, 2.24) is 10.4 Å². The lowest BCUT2D eigenvalue weighted by Gasteiger charge is -2.14. The zero-order chi connectivity index (χ0) is 13.5. The molecule has 0 bridgehead atoms. The molecule has 2 aromatic heterocycles. The summed E-state index contributed by atoms with van der Waals surface area (Å²) in [6.45, 7) is 2.19. The number of nitrogens with zero attached hydrogens (tertiary/aromatic N) is 1. The Morgan fingerprint density at radius 1 is 1.26 bits per heavy atom. The molecule has 2 heterocycles. The van der Waals surface area contributed by atoms with Crippen molar-refractivity contribution in [3.63, 3.8) is 0 Å². The third-order valence-electron chi connectivity index (χ3n) is 3.22. The number of nitrogens with one attached hydrogen (secondary N) is 1. The summed E-state index contributed by atoms with van der Waals surface area (Å²) in [6.07, 6.45) is 5.91. The molecule has 0 spiro atoms. The van der Waals surface area contributed by atoms with Gasteiger partial charge in [0.05, 0.1) is 0 Å². The van der Waals surface area contributed by atoms with E-state index in [2.05, 4.69) is 35.5 Å². The molecule has 4 heteroatoms. The molecule has 0 saturated heterocycles. The van der Waals surface area contributed by atoms with Crippen molar-refractivity contribution in [3.8, 4) is 0 Å². The minimum absolute atomic E-state index is 0.311. The van der Waals surface area contributed by atoms with Gasteiger partial charge in [0.25, 0.3) is 0 Å². The van der Waals surface area contributed by atoms with E-state index in [0.29, 0.717) is 6.04 Å². The van der Waals surface area contributed by atoms with E-state index in [0.717, 1.165) is 31.4 Å². The number of pyridine rings is 1. The van der Waals surface area contributed by atoms with E-state index < -0.39 is 0 Å². The topological polar surface area (TPSA) is 50.9 Å². The Morgan fingerprint density at radius 2 is 2.11 bits per heavy atom. The van der Waals surface area contributed by atoms with E-state index in [1.807, 2.05) is 29.7 Å². The van der Waals surface area contributed by atoms with Crippen LogP contribution in [0.4, 0.5) is 0 Å². The third kappa shape index (κ3) is 4.42. The van der Waals surface area contributed by atoms with Crippen molar-refractivity contribution in [1.29, 1.82) is 0 Å². The van der Waals surface area contributed by atoms with Crippen LogP contribution in [0.25, 0.3) is 0 Å². The molecule has 0 radical (unpaired) electrons. The molecule has 3 N–H and O–H groups in total. The van der Waals surface area contributed by atoms with Gasteiger partial charge in [-0.2, -0.15) is 0 Å². The van der Waals surface area contributed by atoms with Crippen molar-refractivity contribution in [2.75, 3.05) is 0 Å². The predicted molar refractivity (Wildman–Crippen MR) is 81.1 cm³/mol. The van der Waals surface area contributed by atoms with Gasteiger partial charge in [-0.25, -0.2) is 0 Å². The first kappa shape index (κ1) is 14.2. The number of thiophene rings is 1. The first-order valence-corrected chi connectivity index (χ1v) is 7.57. The highest BCUT2D eigenvalue weighted by atomic mass is 32.1. The monoisotopic (exact) mass is 275 g/mol. The normalized spacial score (nSPS) is 12.5. The lowest BCUT2D eigenvalue weighted by molar-refractivity contribution is 0.492. The molecule has 19 heavy (non-hydrogen) atoms. The van der Waals surface area contributed by atoms with E-state index in [1.54, 1.807) is 0 Å². The van der Waals surface area contributed by atoms with E-state index in [4.69, 9.17) is 5.84 Å². The number of aromatic nitrogens is 1. The molecule has 0 aromatic carbocycles. The SMILES string of the molecule is CCc1ccc(CC(CCc2ccccn2)NN)s1. The van der Waals surface area contributed by atoms with Crippen LogP contribution < -0.4 is 11.3 Å². The number of hydrogen-bond donors (Lipinski definition) is 2. The molecule has 1 atom stereocenters. The molecular weight excluding hydrogens is 254 g/mol. The lowest BCUT2D eigenvalue weighted by Crippen LogP contribution is -2.37. The van der Waals surface area contributed by atoms with E-state index >= 15 is 0 Å². The molecule has 0 aliphatic rings. The fourth-order valence-electron chi connectivity index (χ4n) is 2.08. The van der Waals surface area contributed by atoms with E-state index in [1.165, 1.54) is 9.75 Å². The fourth-order valence-corrected chi connectivity index (χ4v) is 3.12. The zero-order valence-electron chi connectivity index (χ0n) is 11.3. The molecule has 0 amide bonds. The summed E-state index contributed by atoms with van der Waals surface area (Å²) in [6, 6.07) is 10.8. The minimum Gasteiger partial charge on any atom is -0.271 e. The molecule has 2 rings (SSSR count). The summed E-state index contributed by atoms with van der Waals surface area (Å²) in [5.74, 6) is 5.66. The number of hydrogen-bond acceptors (Lipinski definition) is 4. The summed E-state index contributed by atoms with van der Waals surface area (Å²) in [7, 11) is 0. The number of hydrazine groups is 1. The van der Waals surface area contributed by atoms with Gasteiger partial charge in [0.1, 0.15) is 0 Å². The highest BCUT2D eigenvalue weighted by Crippen LogP contribution is 2.19. The summed E-state index contributed by atoms with van der Waals surface area (Å²) < 4.78 is 0. The number of rotatable bonds is 7. The van der Waals surface area contributed by atoms with Crippen molar-refractivity contribution < 1.29 is 0 Å². The van der Waals surface area contributed by atoms with Gasteiger partial charge in [-0.05, 0) is 49.9 Å². The van der Waals surface area contributed by atoms with Gasteiger partial charge < -0.3 is 0 Å². The maximum atomic E-state index is 5.66. The molecule has 3 nitrogen and oxygen atoms in total. The van der Waals surface area contributed by atoms with E-state index in [9.17, 15) is 0 Å². The van der Waals surface area contributed by atoms with Crippen LogP contribution in [-0.2, 0) is 19.3 Å². The Morgan fingerprint density at radius 3 is 2.74 bits per heavy atom. The average molecular weight is 275 g/mol. The van der Waals surface area contributed by atoms with Gasteiger partial charge >= 0.3 is 0 Å². The van der Waals surface area contributed by atoms with Crippen LogP contribution in [0, 0.1) is 0 Å². The maximum absolute atomic E-state index is 5.66. The van der Waals surface area contributed by atoms with Crippen molar-refractivity contribution in [2.45, 2.75) is 38.6 Å². The average Bonchev–Trinajstić information content (AvgIpc) is 2.92. The molecule has 0 fully saturated rings. The number of aryl methyl sites for hydroxylation is 2. The van der Waals surface area contributed by atoms with Gasteiger partial charge in [-0.1, -0.05) is 13.0 Å². The summed E-state index contributed by atoms with van der Waals surface area (Å²) in [5, 5.41) is 0. The fraction of sp³-hybridized carbons (Fsp3) is 0.400. The maximum Gasteiger partial charge on any atom is 0.0404 e. The quantitative estimate of drug-likeness (QED) is 0.603. The van der Waals surface area contributed by atoms with Crippen LogP contribution in [0.1, 0.15) is 28.8 Å². The van der Waals surface area contributed by atoms with Gasteiger partial charge in [0.2, 0.25) is 0 Å². The Hall–Kier alpha value is -1.23. The molecular formula is C15H21N3S. The van der Waals surface area contributed by atoms with Crippen LogP contribution in [0.3, 0.4) is 0 Å². The molecule has 0 saturated carbocycles. The van der Waals surface area contributed by atoms with Gasteiger partial charge in [0, 0.05) is 27.7 Å². The highest BCUT2D eigenvalue weighted by Gasteiger charge is 2.10. The standard InChI is InChI=1S/C15H21N3S/c1-2-14-8-9-15(19-14)11-13(18-16)7-6-12-5-3-4-10-17-12/h3-5,8-10,13,18H,2,6-7,11,16H2,1H3. The molecule has 102 valence electrons. The first-order chi connectivity index (χ1) is 9.31. The zero-order valence-corrected chi connectivity index (χ0v) is 12.1. The van der Waals surface area contributed by atoms with Crippen LogP contribution in [0.2, 0.25) is 0 Å². The van der Waals surface area contributed by atoms with E-state index in [-0.39, 0.29) is 0 Å². The van der Waals surface area contributed by atoms with Crippen molar-refractivity contribution in [2.24, 2.45) is 5.84 Å². The smallest absolute Gasteiger partial charge is 0.0404 e. The summed E-state index contributed by atoms with van der Waals surface area (Å²) >= 11 is 1.89.